The van der Waals surface area contributed by atoms with Gasteiger partial charge in [0.25, 0.3) is 0 Å². The average Bonchev–Trinajstić information content (AvgIpc) is 2.35. The van der Waals surface area contributed by atoms with E-state index in [0.29, 0.717) is 0 Å². The van der Waals surface area contributed by atoms with Crippen molar-refractivity contribution < 1.29 is 4.74 Å². The number of aryl methyl sites for hydroxylation is 1. The van der Waals surface area contributed by atoms with Gasteiger partial charge in [0.05, 0.1) is 6.10 Å². The molecule has 18 heavy (non-hydrogen) atoms. The maximum Gasteiger partial charge on any atom is 0.119 e. The Hall–Kier alpha value is -1.02. The average molecular weight is 249 g/mol. The number of rotatable bonds is 9. The molecule has 0 aliphatic heterocycles. The largest absolute Gasteiger partial charge is 0.491 e. The molecule has 0 fully saturated rings. The van der Waals surface area contributed by atoms with E-state index in [0.717, 1.165) is 18.8 Å². The normalized spacial score (nSPS) is 10.9. The lowest BCUT2D eigenvalue weighted by molar-refractivity contribution is 0.242. The fourth-order valence-electron chi connectivity index (χ4n) is 1.94. The van der Waals surface area contributed by atoms with Crippen LogP contribution in [0.4, 0.5) is 0 Å². The molecule has 0 amide bonds. The van der Waals surface area contributed by atoms with Crippen LogP contribution >= 0.6 is 0 Å². The van der Waals surface area contributed by atoms with Gasteiger partial charge in [0.15, 0.2) is 0 Å². The van der Waals surface area contributed by atoms with Gasteiger partial charge < -0.3 is 10.1 Å². The molecule has 0 spiro atoms. The van der Waals surface area contributed by atoms with Gasteiger partial charge in [-0.3, -0.25) is 0 Å². The van der Waals surface area contributed by atoms with Crippen molar-refractivity contribution in [1.82, 2.24) is 5.32 Å². The lowest BCUT2D eigenvalue weighted by Crippen LogP contribution is -2.13. The Morgan fingerprint density at radius 3 is 2.39 bits per heavy atom. The fourth-order valence-corrected chi connectivity index (χ4v) is 1.94. The van der Waals surface area contributed by atoms with Gasteiger partial charge in [-0.2, -0.15) is 0 Å². The standard InChI is InChI=1S/C16H27NO/c1-4-17-13-7-5-6-8-15-9-11-16(12-10-15)18-14(2)3/h9-12,14,17H,4-8,13H2,1-3H3. The Morgan fingerprint density at radius 2 is 1.78 bits per heavy atom. The van der Waals surface area contributed by atoms with Crippen LogP contribution in [0.5, 0.6) is 5.75 Å². The first-order valence-corrected chi connectivity index (χ1v) is 7.18. The molecule has 0 atom stereocenters. The summed E-state index contributed by atoms with van der Waals surface area (Å²) in [5, 5.41) is 3.36. The topological polar surface area (TPSA) is 21.3 Å². The number of nitrogens with one attached hydrogen (secondary N) is 1. The Morgan fingerprint density at radius 1 is 1.06 bits per heavy atom. The molecule has 0 heterocycles. The van der Waals surface area contributed by atoms with E-state index >= 15 is 0 Å². The van der Waals surface area contributed by atoms with Crippen LogP contribution in [0.2, 0.25) is 0 Å². The summed E-state index contributed by atoms with van der Waals surface area (Å²) in [5.41, 5.74) is 1.41. The second kappa shape index (κ2) is 8.98. The maximum absolute atomic E-state index is 5.63. The van der Waals surface area contributed by atoms with E-state index in [1.165, 1.54) is 31.2 Å². The Balaban J connectivity index is 2.18. The highest BCUT2D eigenvalue weighted by molar-refractivity contribution is 5.27. The lowest BCUT2D eigenvalue weighted by Gasteiger charge is -2.10. The second-order valence-electron chi connectivity index (χ2n) is 4.97. The molecule has 0 aromatic heterocycles. The van der Waals surface area contributed by atoms with Crippen molar-refractivity contribution in [2.75, 3.05) is 13.1 Å². The number of ether oxygens (including phenoxy) is 1. The molecule has 1 aromatic rings. The van der Waals surface area contributed by atoms with Crippen molar-refractivity contribution in [1.29, 1.82) is 0 Å². The van der Waals surface area contributed by atoms with Gasteiger partial charge in [-0.15, -0.1) is 0 Å². The summed E-state index contributed by atoms with van der Waals surface area (Å²) < 4.78 is 5.63. The van der Waals surface area contributed by atoms with Crippen LogP contribution in [0.15, 0.2) is 24.3 Å². The molecular formula is C16H27NO. The minimum atomic E-state index is 0.252. The van der Waals surface area contributed by atoms with Crippen molar-refractivity contribution in [2.45, 2.75) is 52.6 Å². The Kier molecular flexibility index (Phi) is 7.51. The molecule has 2 heteroatoms. The summed E-state index contributed by atoms with van der Waals surface area (Å²) >= 11 is 0. The molecule has 0 bridgehead atoms. The predicted molar refractivity (Wildman–Crippen MR) is 78.3 cm³/mol. The van der Waals surface area contributed by atoms with Crippen molar-refractivity contribution in [3.63, 3.8) is 0 Å². The van der Waals surface area contributed by atoms with E-state index < -0.39 is 0 Å². The first-order chi connectivity index (χ1) is 8.72. The van der Waals surface area contributed by atoms with Gasteiger partial charge in [0.2, 0.25) is 0 Å². The summed E-state index contributed by atoms with van der Waals surface area (Å²) in [6, 6.07) is 8.52. The lowest BCUT2D eigenvalue weighted by atomic mass is 10.1. The molecule has 0 radical (unpaired) electrons. The molecule has 1 aromatic carbocycles. The third-order valence-electron chi connectivity index (χ3n) is 2.86. The first-order valence-electron chi connectivity index (χ1n) is 7.18. The smallest absolute Gasteiger partial charge is 0.119 e. The number of unbranched alkanes of at least 4 members (excludes halogenated alkanes) is 2. The van der Waals surface area contributed by atoms with Gasteiger partial charge in [-0.05, 0) is 63.9 Å². The summed E-state index contributed by atoms with van der Waals surface area (Å²) in [4.78, 5) is 0. The van der Waals surface area contributed by atoms with Crippen LogP contribution in [-0.4, -0.2) is 19.2 Å². The minimum absolute atomic E-state index is 0.252. The SMILES string of the molecule is CCNCCCCCc1ccc(OC(C)C)cc1. The maximum atomic E-state index is 5.63. The Bertz CT molecular complexity index is 305. The molecule has 0 unspecified atom stereocenters. The zero-order valence-electron chi connectivity index (χ0n) is 12.0. The second-order valence-corrected chi connectivity index (χ2v) is 4.97. The molecule has 2 nitrogen and oxygen atoms in total. The van der Waals surface area contributed by atoms with E-state index in [4.69, 9.17) is 4.74 Å². The van der Waals surface area contributed by atoms with E-state index in [-0.39, 0.29) is 6.10 Å². The zero-order chi connectivity index (χ0) is 13.2. The number of hydrogen-bond acceptors (Lipinski definition) is 2. The zero-order valence-corrected chi connectivity index (χ0v) is 12.0. The molecule has 0 aliphatic rings. The van der Waals surface area contributed by atoms with Crippen LogP contribution in [0.3, 0.4) is 0 Å². The predicted octanol–water partition coefficient (Wildman–Crippen LogP) is 3.80. The van der Waals surface area contributed by atoms with Crippen molar-refractivity contribution in [3.05, 3.63) is 29.8 Å². The van der Waals surface area contributed by atoms with Crippen molar-refractivity contribution >= 4 is 0 Å². The van der Waals surface area contributed by atoms with Crippen LogP contribution < -0.4 is 10.1 Å². The summed E-state index contributed by atoms with van der Waals surface area (Å²) in [5.74, 6) is 0.973. The molecule has 1 N–H and O–H groups in total. The molecule has 0 saturated heterocycles. The van der Waals surface area contributed by atoms with Gasteiger partial charge in [-0.25, -0.2) is 0 Å². The van der Waals surface area contributed by atoms with Crippen molar-refractivity contribution in [2.24, 2.45) is 0 Å². The third-order valence-corrected chi connectivity index (χ3v) is 2.86. The molecule has 1 rings (SSSR count). The van der Waals surface area contributed by atoms with Gasteiger partial charge in [0.1, 0.15) is 5.75 Å². The van der Waals surface area contributed by atoms with Crippen LogP contribution in [0.25, 0.3) is 0 Å². The van der Waals surface area contributed by atoms with E-state index in [1.54, 1.807) is 0 Å². The molecule has 0 saturated carbocycles. The number of benzene rings is 1. The highest BCUT2D eigenvalue weighted by Gasteiger charge is 1.98. The molecule has 102 valence electrons. The van der Waals surface area contributed by atoms with E-state index in [9.17, 15) is 0 Å². The Labute approximate surface area is 112 Å². The fraction of sp³-hybridized carbons (Fsp3) is 0.625. The monoisotopic (exact) mass is 249 g/mol. The van der Waals surface area contributed by atoms with Gasteiger partial charge in [-0.1, -0.05) is 25.5 Å². The summed E-state index contributed by atoms with van der Waals surface area (Å²) in [7, 11) is 0. The minimum Gasteiger partial charge on any atom is -0.491 e. The number of hydrogen-bond donors (Lipinski definition) is 1. The quantitative estimate of drug-likeness (QED) is 0.672. The highest BCUT2D eigenvalue weighted by atomic mass is 16.5. The first kappa shape index (κ1) is 15.0. The summed E-state index contributed by atoms with van der Waals surface area (Å²) in [6.07, 6.45) is 5.28. The van der Waals surface area contributed by atoms with Crippen LogP contribution in [-0.2, 0) is 6.42 Å². The van der Waals surface area contributed by atoms with E-state index in [2.05, 4.69) is 50.4 Å². The highest BCUT2D eigenvalue weighted by Crippen LogP contribution is 2.15. The van der Waals surface area contributed by atoms with Crippen molar-refractivity contribution in [3.8, 4) is 5.75 Å². The van der Waals surface area contributed by atoms with Gasteiger partial charge >= 0.3 is 0 Å². The molecule has 0 aliphatic carbocycles. The summed E-state index contributed by atoms with van der Waals surface area (Å²) in [6.45, 7) is 8.49. The van der Waals surface area contributed by atoms with Crippen LogP contribution in [0, 0.1) is 0 Å². The third kappa shape index (κ3) is 6.65. The van der Waals surface area contributed by atoms with Gasteiger partial charge in [0, 0.05) is 0 Å². The molecular weight excluding hydrogens is 222 g/mol. The van der Waals surface area contributed by atoms with E-state index in [1.807, 2.05) is 0 Å². The van der Waals surface area contributed by atoms with Crippen LogP contribution in [0.1, 0.15) is 45.6 Å².